The van der Waals surface area contributed by atoms with Crippen LogP contribution in [0.2, 0.25) is 0 Å². The summed E-state index contributed by atoms with van der Waals surface area (Å²) in [5.74, 6) is 0. The van der Waals surface area contributed by atoms with E-state index in [2.05, 4.69) is 217 Å². The van der Waals surface area contributed by atoms with Gasteiger partial charge in [0.25, 0.3) is 0 Å². The molecule has 0 fully saturated rings. The maximum absolute atomic E-state index is 2.26. The summed E-state index contributed by atoms with van der Waals surface area (Å²) in [4.78, 5) is 0. The molecule has 249 valence electrons. The first-order chi connectivity index (χ1) is 23.9. The first kappa shape index (κ1) is 36.4. The summed E-state index contributed by atoms with van der Waals surface area (Å²) in [6.45, 7) is 11.0. The van der Waals surface area contributed by atoms with E-state index >= 15 is 0 Å². The normalized spacial score (nSPS) is 10.7. The van der Waals surface area contributed by atoms with E-state index in [4.69, 9.17) is 0 Å². The molecule has 1 radical (unpaired) electrons. The average molecular weight is 734 g/mol. The van der Waals surface area contributed by atoms with Crippen molar-refractivity contribution in [2.75, 3.05) is 0 Å². The molecule has 0 aliphatic rings. The summed E-state index contributed by atoms with van der Waals surface area (Å²) in [5, 5.41) is 5.30. The first-order valence-corrected chi connectivity index (χ1v) is 17.4. The molecule has 0 N–H and O–H groups in total. The van der Waals surface area contributed by atoms with E-state index in [0.29, 0.717) is 0 Å². The minimum absolute atomic E-state index is 0. The van der Waals surface area contributed by atoms with Gasteiger partial charge in [-0.15, -0.1) is 0 Å². The Labute approximate surface area is 311 Å². The van der Waals surface area contributed by atoms with Crippen LogP contribution in [-0.2, 0) is 19.5 Å². The molecule has 0 atom stereocenters. The van der Waals surface area contributed by atoms with Crippen molar-refractivity contribution in [3.63, 3.8) is 0 Å². The summed E-state index contributed by atoms with van der Waals surface area (Å²) in [6.07, 6.45) is -1.22. The van der Waals surface area contributed by atoms with Gasteiger partial charge >= 0.3 is 19.5 Å². The van der Waals surface area contributed by atoms with Crippen LogP contribution in [0.15, 0.2) is 182 Å². The molecule has 0 amide bonds. The van der Waals surface area contributed by atoms with Gasteiger partial charge in [0.2, 0.25) is 0 Å². The number of rotatable bonds is 4. The van der Waals surface area contributed by atoms with Crippen molar-refractivity contribution in [1.29, 1.82) is 0 Å². The van der Waals surface area contributed by atoms with E-state index in [0.717, 1.165) is 0 Å². The fraction of sp³-hybridized carbons (Fsp3) is 0.104. The minimum atomic E-state index is -1.22. The van der Waals surface area contributed by atoms with Crippen LogP contribution in [0.5, 0.6) is 0 Å². The molecule has 8 aromatic rings. The molecule has 8 aromatic carbocycles. The Balaban J connectivity index is 0.000000163. The second kappa shape index (κ2) is 16.7. The molecule has 0 aromatic heterocycles. The Morgan fingerprint density at radius 2 is 0.600 bits per heavy atom. The quantitative estimate of drug-likeness (QED) is 0.0960. The molecular weight excluding hydrogens is 688 g/mol. The molecule has 8 rings (SSSR count). The zero-order valence-corrected chi connectivity index (χ0v) is 31.5. The van der Waals surface area contributed by atoms with Gasteiger partial charge in [0.1, 0.15) is 6.15 Å². The average Bonchev–Trinajstić information content (AvgIpc) is 3.34. The zero-order valence-electron chi connectivity index (χ0n) is 29.8. The van der Waals surface area contributed by atoms with E-state index in [-0.39, 0.29) is 19.5 Å². The molecule has 0 saturated carbocycles. The van der Waals surface area contributed by atoms with Crippen LogP contribution in [0.3, 0.4) is 0 Å². The Kier molecular flexibility index (Phi) is 12.1. The van der Waals surface area contributed by atoms with Crippen molar-refractivity contribution < 1.29 is 19.5 Å². The van der Waals surface area contributed by atoms with Gasteiger partial charge in [0.15, 0.2) is 0 Å². The first-order valence-electron chi connectivity index (χ1n) is 17.4. The van der Waals surface area contributed by atoms with E-state index in [1.54, 1.807) is 0 Å². The minimum Gasteiger partial charge on any atom is -0.196 e. The zero-order chi connectivity index (χ0) is 34.2. The number of benzene rings is 7. The van der Waals surface area contributed by atoms with Gasteiger partial charge in [0.05, 0.1) is 0 Å². The molecule has 0 unspecified atom stereocenters. The molecule has 0 spiro atoms. The van der Waals surface area contributed by atoms with Gasteiger partial charge in [-0.25, -0.2) is 0 Å². The van der Waals surface area contributed by atoms with Crippen molar-refractivity contribution >= 4 is 49.5 Å². The number of fused-ring (bicyclic) bond motifs is 3. The Hall–Kier alpha value is -4.90. The third-order valence-electron chi connectivity index (χ3n) is 10.7. The van der Waals surface area contributed by atoms with Crippen molar-refractivity contribution in [2.24, 2.45) is 0 Å². The molecule has 0 aliphatic heterocycles. The molecule has 0 nitrogen and oxygen atoms in total. The van der Waals surface area contributed by atoms with E-state index in [1.807, 2.05) is 0 Å². The predicted molar refractivity (Wildman–Crippen MR) is 217 cm³/mol. The largest absolute Gasteiger partial charge is 1.00 e. The molecule has 0 heterocycles. The monoisotopic (exact) mass is 734 g/mol. The van der Waals surface area contributed by atoms with Gasteiger partial charge < -0.3 is 0 Å². The summed E-state index contributed by atoms with van der Waals surface area (Å²) in [7, 11) is 0. The fourth-order valence-corrected chi connectivity index (χ4v) is 7.48. The molecule has 0 bridgehead atoms. The Bertz CT molecular complexity index is 1950. The van der Waals surface area contributed by atoms with Gasteiger partial charge in [-0.2, -0.15) is 49.7 Å². The number of hydrogen-bond acceptors (Lipinski definition) is 0. The summed E-state index contributed by atoms with van der Waals surface area (Å²) >= 11 is 0. The smallest absolute Gasteiger partial charge is 0.196 e. The summed E-state index contributed by atoms with van der Waals surface area (Å²) < 4.78 is 0. The maximum atomic E-state index is 2.26. The van der Waals surface area contributed by atoms with Gasteiger partial charge in [-0.05, 0) is 21.5 Å². The van der Waals surface area contributed by atoms with Gasteiger partial charge in [-0.3, -0.25) is 0 Å². The summed E-state index contributed by atoms with van der Waals surface area (Å²) in [5.41, 5.74) is 12.7. The van der Waals surface area contributed by atoms with Crippen LogP contribution < -0.4 is 21.9 Å². The SMILES string of the molecule is Cc1c(C)c(C)[c-](C)c1C.[Ru+].c1ccc([B-](c2ccccc2)(c2ccccc2)c2ccccc2)cc1.c1ccc2c(c1)ccc1ccccc12. The third kappa shape index (κ3) is 7.33. The molecule has 0 aliphatic carbocycles. The second-order valence-electron chi connectivity index (χ2n) is 13.1. The van der Waals surface area contributed by atoms with E-state index < -0.39 is 6.15 Å². The Morgan fingerprint density at radius 3 is 0.860 bits per heavy atom. The second-order valence-corrected chi connectivity index (χ2v) is 13.1. The summed E-state index contributed by atoms with van der Waals surface area (Å²) in [6, 6.07) is 64.9. The van der Waals surface area contributed by atoms with Crippen LogP contribution in [0.1, 0.15) is 27.8 Å². The number of hydrogen-bond donors (Lipinski definition) is 0. The van der Waals surface area contributed by atoms with Crippen LogP contribution >= 0.6 is 0 Å². The van der Waals surface area contributed by atoms with E-state index in [9.17, 15) is 0 Å². The molecule has 0 saturated heterocycles. The van der Waals surface area contributed by atoms with Crippen LogP contribution in [-0.4, -0.2) is 6.15 Å². The molecule has 50 heavy (non-hydrogen) atoms. The van der Waals surface area contributed by atoms with Crippen molar-refractivity contribution in [2.45, 2.75) is 34.6 Å². The van der Waals surface area contributed by atoms with Crippen LogP contribution in [0, 0.1) is 34.6 Å². The van der Waals surface area contributed by atoms with Crippen LogP contribution in [0.4, 0.5) is 0 Å². The topological polar surface area (TPSA) is 0 Å². The Morgan fingerprint density at radius 1 is 0.340 bits per heavy atom. The third-order valence-corrected chi connectivity index (χ3v) is 10.7. The standard InChI is InChI=1S/C24H20B.C14H10.C10H15.Ru/c1-5-13-21(14-6-1)25(22-15-7-2-8-16-22,23-17-9-3-10-18-23)24-19-11-4-12-20-24;1-3-7-13-11(5-1)9-10-12-6-2-4-8-14(12)13;1-6-7(2)9(4)10(5)8(6)3;/h1-20H;1-10H;1-5H3;/q-1;;-1;+1. The van der Waals surface area contributed by atoms with Gasteiger partial charge in [0, 0.05) is 0 Å². The predicted octanol–water partition coefficient (Wildman–Crippen LogP) is 10.0. The van der Waals surface area contributed by atoms with Crippen molar-refractivity contribution in [3.05, 3.63) is 210 Å². The van der Waals surface area contributed by atoms with Crippen molar-refractivity contribution in [3.8, 4) is 0 Å². The van der Waals surface area contributed by atoms with E-state index in [1.165, 1.54) is 71.2 Å². The van der Waals surface area contributed by atoms with Crippen molar-refractivity contribution in [1.82, 2.24) is 0 Å². The maximum Gasteiger partial charge on any atom is 1.00 e. The molecular formula is C48H45BRu-. The van der Waals surface area contributed by atoms with Gasteiger partial charge in [-0.1, -0.05) is 217 Å². The fourth-order valence-electron chi connectivity index (χ4n) is 7.48. The molecule has 2 heteroatoms. The van der Waals surface area contributed by atoms with Crippen LogP contribution in [0.25, 0.3) is 21.5 Å².